The third-order valence-electron chi connectivity index (χ3n) is 6.04. The zero-order valence-corrected chi connectivity index (χ0v) is 16.8. The molecule has 3 aromatic carbocycles. The smallest absolute Gasteiger partial charge is 0.123 e. The topological polar surface area (TPSA) is 6.48 Å². The molecule has 5 rings (SSSR count). The first-order valence-corrected chi connectivity index (χ1v) is 10.6. The van der Waals surface area contributed by atoms with Crippen LogP contribution in [0.5, 0.6) is 0 Å². The number of piperidine rings is 1. The summed E-state index contributed by atoms with van der Waals surface area (Å²) < 4.78 is 27.2. The molecule has 2 aliphatic heterocycles. The second-order valence-electron chi connectivity index (χ2n) is 8.01. The number of nitrogens with zero attached hydrogens (tertiary/aromatic N) is 2. The van der Waals surface area contributed by atoms with Gasteiger partial charge in [-0.2, -0.15) is 0 Å². The number of fused-ring (bicyclic) bond motifs is 1. The lowest BCUT2D eigenvalue weighted by Crippen LogP contribution is -2.40. The zero-order valence-electron chi connectivity index (χ0n) is 16.8. The summed E-state index contributed by atoms with van der Waals surface area (Å²) >= 11 is 0. The molecule has 0 atom stereocenters. The van der Waals surface area contributed by atoms with Gasteiger partial charge in [0.1, 0.15) is 11.6 Å². The summed E-state index contributed by atoms with van der Waals surface area (Å²) in [5, 5.41) is 7.04. The summed E-state index contributed by atoms with van der Waals surface area (Å²) in [6.45, 7) is 3.04. The summed E-state index contributed by atoms with van der Waals surface area (Å²) in [6, 6.07) is 19.5. The van der Waals surface area contributed by atoms with Gasteiger partial charge in [-0.1, -0.05) is 48.9 Å². The van der Waals surface area contributed by atoms with Crippen LogP contribution in [0.25, 0.3) is 11.8 Å². The van der Waals surface area contributed by atoms with E-state index in [4.69, 9.17) is 0 Å². The Labute approximate surface area is 175 Å². The standard InChI is InChI=1S/C26H24F2N2/c27-22-11-7-19(8-12-22)26(20-9-13-23(28)14-10-20)24-6-4-5-21-17-30(18-25(21)24)29-15-2-1-3-16-29/h4-14,18H,1-3,15-17H2. The van der Waals surface area contributed by atoms with Gasteiger partial charge in [0.25, 0.3) is 0 Å². The molecule has 1 saturated heterocycles. The van der Waals surface area contributed by atoms with E-state index in [9.17, 15) is 8.78 Å². The Bertz CT molecular complexity index is 1110. The van der Waals surface area contributed by atoms with Crippen LogP contribution in [0.2, 0.25) is 0 Å². The van der Waals surface area contributed by atoms with E-state index in [1.54, 1.807) is 24.3 Å². The van der Waals surface area contributed by atoms with E-state index in [-0.39, 0.29) is 11.6 Å². The predicted molar refractivity (Wildman–Crippen MR) is 116 cm³/mol. The molecule has 0 unspecified atom stereocenters. The Hall–Kier alpha value is -2.98. The van der Waals surface area contributed by atoms with E-state index in [2.05, 4.69) is 34.4 Å². The van der Waals surface area contributed by atoms with Gasteiger partial charge in [-0.3, -0.25) is 0 Å². The molecular weight excluding hydrogens is 378 g/mol. The summed E-state index contributed by atoms with van der Waals surface area (Å²) in [7, 11) is 0. The van der Waals surface area contributed by atoms with Crippen LogP contribution in [0.4, 0.5) is 8.78 Å². The lowest BCUT2D eigenvalue weighted by molar-refractivity contribution is 0.0181. The molecule has 0 spiro atoms. The van der Waals surface area contributed by atoms with Crippen molar-refractivity contribution >= 4 is 11.8 Å². The number of hydrogen-bond donors (Lipinski definition) is 0. The summed E-state index contributed by atoms with van der Waals surface area (Å²) in [6.07, 6.45) is 6.00. The maximum Gasteiger partial charge on any atom is 0.123 e. The molecule has 152 valence electrons. The van der Waals surface area contributed by atoms with Crippen molar-refractivity contribution in [2.45, 2.75) is 25.8 Å². The van der Waals surface area contributed by atoms with Crippen molar-refractivity contribution < 1.29 is 8.78 Å². The third kappa shape index (κ3) is 3.63. The molecule has 0 saturated carbocycles. The minimum atomic E-state index is -0.265. The Morgan fingerprint density at radius 2 is 1.30 bits per heavy atom. The molecule has 0 N–H and O–H groups in total. The Morgan fingerprint density at radius 1 is 0.700 bits per heavy atom. The van der Waals surface area contributed by atoms with Gasteiger partial charge in [0.15, 0.2) is 0 Å². The lowest BCUT2D eigenvalue weighted by Gasteiger charge is -2.34. The Balaban J connectivity index is 1.73. The molecule has 3 aromatic rings. The lowest BCUT2D eigenvalue weighted by atomic mass is 9.94. The van der Waals surface area contributed by atoms with Crippen molar-refractivity contribution in [2.75, 3.05) is 13.1 Å². The monoisotopic (exact) mass is 402 g/mol. The average molecular weight is 402 g/mol. The highest BCUT2D eigenvalue weighted by Gasteiger charge is 2.21. The maximum atomic E-state index is 13.6. The van der Waals surface area contributed by atoms with Crippen LogP contribution in [-0.4, -0.2) is 23.1 Å². The highest BCUT2D eigenvalue weighted by atomic mass is 19.1. The Morgan fingerprint density at radius 3 is 1.90 bits per heavy atom. The van der Waals surface area contributed by atoms with Crippen molar-refractivity contribution in [3.8, 4) is 0 Å². The molecular formula is C26H24F2N2. The second kappa shape index (κ2) is 8.04. The van der Waals surface area contributed by atoms with Gasteiger partial charge in [-0.25, -0.2) is 13.8 Å². The van der Waals surface area contributed by atoms with E-state index in [0.29, 0.717) is 0 Å². The number of hydrazine groups is 1. The van der Waals surface area contributed by atoms with Crippen molar-refractivity contribution in [3.63, 3.8) is 0 Å². The van der Waals surface area contributed by atoms with Crippen molar-refractivity contribution in [1.29, 1.82) is 0 Å². The highest BCUT2D eigenvalue weighted by molar-refractivity contribution is 5.79. The first-order chi connectivity index (χ1) is 14.7. The fourth-order valence-corrected chi connectivity index (χ4v) is 4.52. The predicted octanol–water partition coefficient (Wildman–Crippen LogP) is 4.17. The maximum absolute atomic E-state index is 13.6. The first kappa shape index (κ1) is 19.0. The van der Waals surface area contributed by atoms with Crippen molar-refractivity contribution in [2.24, 2.45) is 0 Å². The first-order valence-electron chi connectivity index (χ1n) is 10.6. The molecule has 1 fully saturated rings. The molecule has 2 aliphatic rings. The van der Waals surface area contributed by atoms with Crippen molar-refractivity contribution in [3.05, 3.63) is 105 Å². The van der Waals surface area contributed by atoms with Gasteiger partial charge in [-0.05, 0) is 64.6 Å². The van der Waals surface area contributed by atoms with Crippen LogP contribution in [-0.2, 0) is 6.54 Å². The SMILES string of the molecule is Fc1ccc(C(c2ccc(F)cc2)=c2cccc3c2=CN(N2CCCCC2)C3)cc1. The van der Waals surface area contributed by atoms with Gasteiger partial charge in [0.05, 0.1) is 6.54 Å². The highest BCUT2D eigenvalue weighted by Crippen LogP contribution is 2.22. The molecule has 0 aromatic heterocycles. The van der Waals surface area contributed by atoms with Crippen LogP contribution >= 0.6 is 0 Å². The number of rotatable bonds is 3. The number of benzene rings is 3. The van der Waals surface area contributed by atoms with Crippen LogP contribution < -0.4 is 10.4 Å². The van der Waals surface area contributed by atoms with E-state index < -0.39 is 0 Å². The largest absolute Gasteiger partial charge is 0.308 e. The van der Waals surface area contributed by atoms with E-state index in [1.165, 1.54) is 54.3 Å². The second-order valence-corrected chi connectivity index (χ2v) is 8.01. The molecule has 0 aliphatic carbocycles. The quantitative estimate of drug-likeness (QED) is 0.649. The van der Waals surface area contributed by atoms with Crippen LogP contribution in [0.15, 0.2) is 66.7 Å². The third-order valence-corrected chi connectivity index (χ3v) is 6.04. The molecule has 2 heterocycles. The summed E-state index contributed by atoms with van der Waals surface area (Å²) in [5.74, 6) is -0.531. The van der Waals surface area contributed by atoms with Crippen LogP contribution in [0, 0.1) is 11.6 Å². The molecule has 0 amide bonds. The minimum absolute atomic E-state index is 0.265. The van der Waals surface area contributed by atoms with Crippen LogP contribution in [0.3, 0.4) is 0 Å². The molecule has 30 heavy (non-hydrogen) atoms. The van der Waals surface area contributed by atoms with Gasteiger partial charge in [0, 0.05) is 24.5 Å². The van der Waals surface area contributed by atoms with E-state index in [0.717, 1.165) is 41.6 Å². The van der Waals surface area contributed by atoms with Crippen molar-refractivity contribution in [1.82, 2.24) is 10.0 Å². The zero-order chi connectivity index (χ0) is 20.5. The average Bonchev–Trinajstić information content (AvgIpc) is 3.22. The summed E-state index contributed by atoms with van der Waals surface area (Å²) in [5.41, 5.74) is 4.10. The normalized spacial score (nSPS) is 16.3. The number of hydrogen-bond acceptors (Lipinski definition) is 2. The fourth-order valence-electron chi connectivity index (χ4n) is 4.52. The van der Waals surface area contributed by atoms with E-state index in [1.807, 2.05) is 0 Å². The molecule has 2 nitrogen and oxygen atoms in total. The van der Waals surface area contributed by atoms with Gasteiger partial charge >= 0.3 is 0 Å². The van der Waals surface area contributed by atoms with Gasteiger partial charge in [0.2, 0.25) is 0 Å². The van der Waals surface area contributed by atoms with Gasteiger partial charge in [-0.15, -0.1) is 0 Å². The minimum Gasteiger partial charge on any atom is -0.308 e. The number of halogens is 2. The molecule has 4 heteroatoms. The fraction of sp³-hybridized carbons (Fsp3) is 0.231. The van der Waals surface area contributed by atoms with E-state index >= 15 is 0 Å². The molecule has 0 bridgehead atoms. The van der Waals surface area contributed by atoms with Crippen LogP contribution in [0.1, 0.15) is 36.0 Å². The van der Waals surface area contributed by atoms with Gasteiger partial charge < -0.3 is 5.01 Å². The molecule has 0 radical (unpaired) electrons. The summed E-state index contributed by atoms with van der Waals surface area (Å²) in [4.78, 5) is 0. The Kier molecular flexibility index (Phi) is 5.09.